The molecule has 0 radical (unpaired) electrons. The number of carbonyl (C=O) groups excluding carboxylic acids is 2. The Morgan fingerprint density at radius 2 is 1.62 bits per heavy atom. The van der Waals surface area contributed by atoms with Gasteiger partial charge in [0.15, 0.2) is 0 Å². The van der Waals surface area contributed by atoms with Crippen LogP contribution in [0.4, 0.5) is 5.69 Å². The molecule has 4 nitrogen and oxygen atoms in total. The van der Waals surface area contributed by atoms with Crippen LogP contribution in [0.25, 0.3) is 5.57 Å². The Morgan fingerprint density at radius 1 is 0.962 bits per heavy atom. The quantitative estimate of drug-likeness (QED) is 0.757. The van der Waals surface area contributed by atoms with E-state index in [-0.39, 0.29) is 23.6 Å². The first-order valence-electron chi connectivity index (χ1n) is 8.21. The topological polar surface area (TPSA) is 49.4 Å². The largest absolute Gasteiger partial charge is 0.350 e. The number of nitrogens with one attached hydrogen (secondary N) is 1. The molecule has 134 valence electrons. The molecule has 1 aliphatic rings. The standard InChI is InChI=1S/C20H18Cl2N2O2/c1-11(2)24-19(25)17(13-7-9-14(21)10-8-13)18(20(24)26)23-16-6-4-5-15(22)12(16)3/h4-11,23H,1-3H3. The molecule has 6 heteroatoms. The molecule has 26 heavy (non-hydrogen) atoms. The summed E-state index contributed by atoms with van der Waals surface area (Å²) in [5.74, 6) is -0.677. The van der Waals surface area contributed by atoms with E-state index >= 15 is 0 Å². The van der Waals surface area contributed by atoms with E-state index in [4.69, 9.17) is 23.2 Å². The highest BCUT2D eigenvalue weighted by atomic mass is 35.5. The predicted octanol–water partition coefficient (Wildman–Crippen LogP) is 4.90. The third-order valence-electron chi connectivity index (χ3n) is 4.29. The van der Waals surface area contributed by atoms with Crippen molar-refractivity contribution in [3.05, 3.63) is 69.3 Å². The van der Waals surface area contributed by atoms with Crippen LogP contribution in [0.2, 0.25) is 10.0 Å². The van der Waals surface area contributed by atoms with E-state index in [1.807, 2.05) is 26.8 Å². The number of anilines is 1. The molecule has 2 amide bonds. The lowest BCUT2D eigenvalue weighted by atomic mass is 10.0. The van der Waals surface area contributed by atoms with Crippen LogP contribution in [-0.4, -0.2) is 22.8 Å². The molecular formula is C20H18Cl2N2O2. The van der Waals surface area contributed by atoms with Gasteiger partial charge >= 0.3 is 0 Å². The molecular weight excluding hydrogens is 371 g/mol. The molecule has 1 aliphatic heterocycles. The molecule has 3 rings (SSSR count). The summed E-state index contributed by atoms with van der Waals surface area (Å²) in [6, 6.07) is 12.0. The van der Waals surface area contributed by atoms with Crippen molar-refractivity contribution in [2.24, 2.45) is 0 Å². The lowest BCUT2D eigenvalue weighted by molar-refractivity contribution is -0.138. The summed E-state index contributed by atoms with van der Waals surface area (Å²) in [5.41, 5.74) is 2.71. The van der Waals surface area contributed by atoms with Gasteiger partial charge in [0.25, 0.3) is 11.8 Å². The van der Waals surface area contributed by atoms with E-state index in [1.54, 1.807) is 36.4 Å². The fourth-order valence-electron chi connectivity index (χ4n) is 2.89. The average molecular weight is 389 g/mol. The Bertz CT molecular complexity index is 918. The third kappa shape index (κ3) is 3.22. The van der Waals surface area contributed by atoms with Gasteiger partial charge in [-0.15, -0.1) is 0 Å². The van der Waals surface area contributed by atoms with Crippen molar-refractivity contribution >= 4 is 46.3 Å². The zero-order valence-corrected chi connectivity index (χ0v) is 16.2. The van der Waals surface area contributed by atoms with Crippen LogP contribution in [-0.2, 0) is 9.59 Å². The van der Waals surface area contributed by atoms with Crippen molar-refractivity contribution in [2.45, 2.75) is 26.8 Å². The summed E-state index contributed by atoms with van der Waals surface area (Å²) in [6.45, 7) is 5.47. The molecule has 2 aromatic carbocycles. The van der Waals surface area contributed by atoms with Crippen LogP contribution >= 0.6 is 23.2 Å². The highest BCUT2D eigenvalue weighted by Gasteiger charge is 2.40. The molecule has 0 spiro atoms. The van der Waals surface area contributed by atoms with E-state index in [9.17, 15) is 9.59 Å². The second kappa shape index (κ2) is 7.14. The Balaban J connectivity index is 2.14. The zero-order valence-electron chi connectivity index (χ0n) is 14.6. The van der Waals surface area contributed by atoms with Crippen molar-refractivity contribution < 1.29 is 9.59 Å². The maximum Gasteiger partial charge on any atom is 0.278 e. The minimum absolute atomic E-state index is 0.247. The summed E-state index contributed by atoms with van der Waals surface area (Å²) in [4.78, 5) is 27.1. The highest BCUT2D eigenvalue weighted by molar-refractivity contribution is 6.37. The lowest BCUT2D eigenvalue weighted by Gasteiger charge is -2.19. The molecule has 0 fully saturated rings. The van der Waals surface area contributed by atoms with Gasteiger partial charge in [-0.25, -0.2) is 0 Å². The molecule has 0 saturated carbocycles. The molecule has 0 aromatic heterocycles. The molecule has 2 aromatic rings. The molecule has 0 atom stereocenters. The van der Waals surface area contributed by atoms with Gasteiger partial charge in [-0.1, -0.05) is 41.4 Å². The number of carbonyl (C=O) groups is 2. The van der Waals surface area contributed by atoms with Gasteiger partial charge < -0.3 is 5.32 Å². The molecule has 1 heterocycles. The van der Waals surface area contributed by atoms with Gasteiger partial charge in [0, 0.05) is 21.8 Å². The number of halogens is 2. The number of imide groups is 1. The van der Waals surface area contributed by atoms with Gasteiger partial charge in [-0.2, -0.15) is 0 Å². The molecule has 0 bridgehead atoms. The second-order valence-corrected chi connectivity index (χ2v) is 7.21. The van der Waals surface area contributed by atoms with Crippen molar-refractivity contribution in [2.75, 3.05) is 5.32 Å². The summed E-state index contributed by atoms with van der Waals surface area (Å²) in [6.07, 6.45) is 0. The van der Waals surface area contributed by atoms with Crippen LogP contribution in [0.5, 0.6) is 0 Å². The summed E-state index contributed by atoms with van der Waals surface area (Å²) in [7, 11) is 0. The minimum Gasteiger partial charge on any atom is -0.350 e. The average Bonchev–Trinajstić information content (AvgIpc) is 2.83. The Labute approximate surface area is 162 Å². The lowest BCUT2D eigenvalue weighted by Crippen LogP contribution is -2.38. The van der Waals surface area contributed by atoms with Gasteiger partial charge in [0.1, 0.15) is 5.70 Å². The maximum absolute atomic E-state index is 12.9. The monoisotopic (exact) mass is 388 g/mol. The molecule has 1 N–H and O–H groups in total. The number of amides is 2. The molecule has 0 aliphatic carbocycles. The van der Waals surface area contributed by atoms with Crippen LogP contribution in [0.1, 0.15) is 25.0 Å². The highest BCUT2D eigenvalue weighted by Crippen LogP contribution is 2.33. The Kier molecular flexibility index (Phi) is 5.08. The van der Waals surface area contributed by atoms with Crippen LogP contribution < -0.4 is 5.32 Å². The van der Waals surface area contributed by atoms with E-state index < -0.39 is 0 Å². The number of hydrogen-bond acceptors (Lipinski definition) is 3. The minimum atomic E-state index is -0.352. The van der Waals surface area contributed by atoms with E-state index in [0.29, 0.717) is 26.9 Å². The third-order valence-corrected chi connectivity index (χ3v) is 4.95. The summed E-state index contributed by atoms with van der Waals surface area (Å²) in [5, 5.41) is 4.27. The first-order chi connectivity index (χ1) is 12.3. The van der Waals surface area contributed by atoms with Crippen LogP contribution in [0.15, 0.2) is 48.2 Å². The number of hydrogen-bond donors (Lipinski definition) is 1. The van der Waals surface area contributed by atoms with Crippen molar-refractivity contribution in [3.8, 4) is 0 Å². The van der Waals surface area contributed by atoms with E-state index in [0.717, 1.165) is 5.56 Å². The van der Waals surface area contributed by atoms with Crippen molar-refractivity contribution in [1.82, 2.24) is 4.90 Å². The predicted molar refractivity (Wildman–Crippen MR) is 105 cm³/mol. The Morgan fingerprint density at radius 3 is 2.23 bits per heavy atom. The second-order valence-electron chi connectivity index (χ2n) is 6.37. The van der Waals surface area contributed by atoms with E-state index in [2.05, 4.69) is 5.32 Å². The SMILES string of the molecule is Cc1c(Cl)cccc1NC1=C(c2ccc(Cl)cc2)C(=O)N(C(C)C)C1=O. The Hall–Kier alpha value is -2.30. The zero-order chi connectivity index (χ0) is 19.0. The fraction of sp³-hybridized carbons (Fsp3) is 0.200. The summed E-state index contributed by atoms with van der Waals surface area (Å²) < 4.78 is 0. The van der Waals surface area contributed by atoms with Crippen molar-refractivity contribution in [3.63, 3.8) is 0 Å². The maximum atomic E-state index is 12.9. The molecule has 0 unspecified atom stereocenters. The van der Waals surface area contributed by atoms with Crippen LogP contribution in [0, 0.1) is 6.92 Å². The van der Waals surface area contributed by atoms with Gasteiger partial charge in [-0.3, -0.25) is 14.5 Å². The fourth-order valence-corrected chi connectivity index (χ4v) is 3.19. The van der Waals surface area contributed by atoms with Crippen molar-refractivity contribution in [1.29, 1.82) is 0 Å². The first kappa shape index (κ1) is 18.5. The smallest absolute Gasteiger partial charge is 0.278 e. The van der Waals surface area contributed by atoms with E-state index in [1.165, 1.54) is 4.90 Å². The first-order valence-corrected chi connectivity index (χ1v) is 8.97. The van der Waals surface area contributed by atoms with Gasteiger partial charge in [-0.05, 0) is 56.2 Å². The van der Waals surface area contributed by atoms with Gasteiger partial charge in [0.2, 0.25) is 0 Å². The summed E-state index contributed by atoms with van der Waals surface area (Å²) >= 11 is 12.1. The molecule has 0 saturated heterocycles. The number of nitrogens with zero attached hydrogens (tertiary/aromatic N) is 1. The number of rotatable bonds is 4. The van der Waals surface area contributed by atoms with Gasteiger partial charge in [0.05, 0.1) is 5.57 Å². The number of benzene rings is 2. The van der Waals surface area contributed by atoms with Crippen LogP contribution in [0.3, 0.4) is 0 Å². The normalized spacial score (nSPS) is 14.6.